The number of piperazine rings is 1. The van der Waals surface area contributed by atoms with Gasteiger partial charge in [0.1, 0.15) is 6.61 Å². The Morgan fingerprint density at radius 3 is 2.67 bits per heavy atom. The van der Waals surface area contributed by atoms with Gasteiger partial charge in [0.05, 0.1) is 5.69 Å². The maximum absolute atomic E-state index is 14.0. The first-order valence-corrected chi connectivity index (χ1v) is 10.5. The number of nitrogens with zero attached hydrogens (tertiary/aromatic N) is 4. The van der Waals surface area contributed by atoms with Crippen molar-refractivity contribution in [1.82, 2.24) is 19.6 Å². The Bertz CT molecular complexity index is 638. The van der Waals surface area contributed by atoms with Crippen molar-refractivity contribution >= 4 is 17.9 Å². The first-order valence-electron chi connectivity index (χ1n) is 9.55. The molecule has 6 nitrogen and oxygen atoms in total. The lowest BCUT2D eigenvalue weighted by atomic mass is 9.93. The number of rotatable bonds is 7. The summed E-state index contributed by atoms with van der Waals surface area (Å²) in [6, 6.07) is 0.379. The van der Waals surface area contributed by atoms with Crippen molar-refractivity contribution in [2.24, 2.45) is 0 Å². The summed E-state index contributed by atoms with van der Waals surface area (Å²) >= 11 is 1.57. The van der Waals surface area contributed by atoms with E-state index < -0.39 is 5.92 Å². The van der Waals surface area contributed by atoms with E-state index in [4.69, 9.17) is 4.74 Å². The number of hydrogen-bond donors (Lipinski definition) is 1. The van der Waals surface area contributed by atoms with Gasteiger partial charge in [-0.1, -0.05) is 11.9 Å². The molecule has 1 aliphatic carbocycles. The number of likely N-dealkylation sites (N-methyl/N-ethyl adjacent to an activating group) is 1. The fourth-order valence-corrected chi connectivity index (χ4v) is 3.82. The van der Waals surface area contributed by atoms with Crippen LogP contribution >= 0.6 is 11.9 Å². The van der Waals surface area contributed by atoms with E-state index in [1.54, 1.807) is 11.9 Å². The van der Waals surface area contributed by atoms with Gasteiger partial charge in [0.15, 0.2) is 0 Å². The number of hydrogen-bond acceptors (Lipinski definition) is 7. The number of anilines is 1. The van der Waals surface area contributed by atoms with Crippen LogP contribution in [0.2, 0.25) is 0 Å². The second-order valence-corrected chi connectivity index (χ2v) is 8.48. The molecular formula is C18H29F2N5OS. The summed E-state index contributed by atoms with van der Waals surface area (Å²) in [6.07, 6.45) is -0.226. The zero-order chi connectivity index (χ0) is 19.4. The molecule has 2 heterocycles. The normalized spacial score (nSPS) is 20.0. The monoisotopic (exact) mass is 401 g/mol. The third kappa shape index (κ3) is 5.65. The van der Waals surface area contributed by atoms with Gasteiger partial charge in [0.2, 0.25) is 11.8 Å². The summed E-state index contributed by atoms with van der Waals surface area (Å²) in [6.45, 7) is 8.09. The van der Waals surface area contributed by atoms with Crippen LogP contribution in [0.15, 0.2) is 0 Å². The SMILES string of the molecule is CC(C)NSCCOc1nc(N2CCN(C)CC2)nc2c1CC(F)(F)CC2. The Hall–Kier alpha value is -1.19. The zero-order valence-corrected chi connectivity index (χ0v) is 17.1. The molecule has 27 heavy (non-hydrogen) atoms. The third-order valence-electron chi connectivity index (χ3n) is 4.74. The quantitative estimate of drug-likeness (QED) is 0.556. The van der Waals surface area contributed by atoms with Crippen LogP contribution in [0.4, 0.5) is 14.7 Å². The maximum atomic E-state index is 14.0. The minimum Gasteiger partial charge on any atom is -0.476 e. The highest BCUT2D eigenvalue weighted by Gasteiger charge is 2.37. The molecule has 1 fully saturated rings. The first kappa shape index (κ1) is 20.5. The van der Waals surface area contributed by atoms with Crippen LogP contribution in [0.25, 0.3) is 0 Å². The zero-order valence-electron chi connectivity index (χ0n) is 16.3. The van der Waals surface area contributed by atoms with E-state index in [9.17, 15) is 8.78 Å². The van der Waals surface area contributed by atoms with E-state index in [0.29, 0.717) is 35.7 Å². The number of ether oxygens (including phenoxy) is 1. The Kier molecular flexibility index (Phi) is 6.75. The molecule has 9 heteroatoms. The highest BCUT2D eigenvalue weighted by Crippen LogP contribution is 2.37. The summed E-state index contributed by atoms with van der Waals surface area (Å²) in [7, 11) is 2.09. The van der Waals surface area contributed by atoms with Crippen LogP contribution in [0.3, 0.4) is 0 Å². The first-order chi connectivity index (χ1) is 12.8. The average Bonchev–Trinajstić information content (AvgIpc) is 2.61. The van der Waals surface area contributed by atoms with E-state index in [-0.39, 0.29) is 19.3 Å². The summed E-state index contributed by atoms with van der Waals surface area (Å²) in [5.41, 5.74) is 1.19. The maximum Gasteiger partial charge on any atom is 0.252 e. The van der Waals surface area contributed by atoms with Crippen LogP contribution < -0.4 is 14.4 Å². The Balaban J connectivity index is 1.75. The van der Waals surface area contributed by atoms with Crippen LogP contribution in [0, 0.1) is 0 Å². The fourth-order valence-electron chi connectivity index (χ4n) is 3.20. The molecule has 1 N–H and O–H groups in total. The molecule has 0 saturated carbocycles. The van der Waals surface area contributed by atoms with Gasteiger partial charge in [0.25, 0.3) is 5.92 Å². The Morgan fingerprint density at radius 1 is 1.22 bits per heavy atom. The van der Waals surface area contributed by atoms with E-state index in [1.165, 1.54) is 0 Å². The molecule has 1 aromatic heterocycles. The standard InChI is InChI=1S/C18H29F2N5OS/c1-13(2)23-27-11-10-26-16-14-12-18(19,20)5-4-15(14)21-17(22-16)25-8-6-24(3)7-9-25/h13,23H,4-12H2,1-3H3. The van der Waals surface area contributed by atoms with Crippen molar-refractivity contribution in [2.45, 2.75) is 45.1 Å². The Morgan fingerprint density at radius 2 is 1.96 bits per heavy atom. The van der Waals surface area contributed by atoms with Crippen molar-refractivity contribution in [1.29, 1.82) is 0 Å². The van der Waals surface area contributed by atoms with Gasteiger partial charge in [-0.3, -0.25) is 4.72 Å². The van der Waals surface area contributed by atoms with Crippen LogP contribution in [-0.2, 0) is 12.8 Å². The molecule has 1 aliphatic heterocycles. The molecule has 2 aliphatic rings. The van der Waals surface area contributed by atoms with Gasteiger partial charge in [-0.15, -0.1) is 0 Å². The molecule has 0 unspecified atom stereocenters. The number of halogens is 2. The molecular weight excluding hydrogens is 372 g/mol. The molecule has 1 aromatic rings. The van der Waals surface area contributed by atoms with Gasteiger partial charge in [-0.2, -0.15) is 4.98 Å². The van der Waals surface area contributed by atoms with Gasteiger partial charge in [-0.05, 0) is 27.3 Å². The minimum atomic E-state index is -2.71. The molecule has 0 aromatic carbocycles. The van der Waals surface area contributed by atoms with Crippen LogP contribution in [0.1, 0.15) is 31.5 Å². The topological polar surface area (TPSA) is 53.5 Å². The molecule has 0 radical (unpaired) electrons. The number of aromatic nitrogens is 2. The second kappa shape index (κ2) is 8.87. The molecule has 152 valence electrons. The molecule has 0 amide bonds. The molecule has 0 spiro atoms. The van der Waals surface area contributed by atoms with Gasteiger partial charge in [0, 0.05) is 56.4 Å². The van der Waals surface area contributed by atoms with Crippen LogP contribution in [-0.4, -0.2) is 72.4 Å². The average molecular weight is 402 g/mol. The highest BCUT2D eigenvalue weighted by atomic mass is 32.2. The van der Waals surface area contributed by atoms with Crippen molar-refractivity contribution in [3.8, 4) is 5.88 Å². The number of fused-ring (bicyclic) bond motifs is 1. The third-order valence-corrected chi connectivity index (χ3v) is 5.74. The fraction of sp³-hybridized carbons (Fsp3) is 0.778. The van der Waals surface area contributed by atoms with Crippen molar-refractivity contribution in [3.05, 3.63) is 11.3 Å². The summed E-state index contributed by atoms with van der Waals surface area (Å²) in [5, 5.41) is 0. The van der Waals surface area contributed by atoms with Gasteiger partial charge < -0.3 is 14.5 Å². The summed E-state index contributed by atoms with van der Waals surface area (Å²) < 4.78 is 37.0. The predicted octanol–water partition coefficient (Wildman–Crippen LogP) is 2.38. The highest BCUT2D eigenvalue weighted by molar-refractivity contribution is 7.97. The summed E-state index contributed by atoms with van der Waals surface area (Å²) in [5.74, 6) is -1.05. The largest absolute Gasteiger partial charge is 0.476 e. The van der Waals surface area contributed by atoms with Crippen LogP contribution in [0.5, 0.6) is 5.88 Å². The lowest BCUT2D eigenvalue weighted by molar-refractivity contribution is -0.0137. The number of alkyl halides is 2. The molecule has 1 saturated heterocycles. The number of nitrogens with one attached hydrogen (secondary N) is 1. The smallest absolute Gasteiger partial charge is 0.252 e. The lowest BCUT2D eigenvalue weighted by Crippen LogP contribution is -2.45. The minimum absolute atomic E-state index is 0.160. The number of aryl methyl sites for hydroxylation is 1. The molecule has 0 atom stereocenters. The van der Waals surface area contributed by atoms with Crippen molar-refractivity contribution in [2.75, 3.05) is 50.5 Å². The van der Waals surface area contributed by atoms with Gasteiger partial charge in [-0.25, -0.2) is 13.8 Å². The van der Waals surface area contributed by atoms with E-state index in [2.05, 4.69) is 45.4 Å². The predicted molar refractivity (Wildman–Crippen MR) is 105 cm³/mol. The molecule has 3 rings (SSSR count). The van der Waals surface area contributed by atoms with Gasteiger partial charge >= 0.3 is 0 Å². The van der Waals surface area contributed by atoms with E-state index in [1.807, 2.05) is 0 Å². The lowest BCUT2D eigenvalue weighted by Gasteiger charge is -2.33. The Labute approximate surface area is 164 Å². The van der Waals surface area contributed by atoms with E-state index >= 15 is 0 Å². The second-order valence-electron chi connectivity index (χ2n) is 7.55. The van der Waals surface area contributed by atoms with Crippen molar-refractivity contribution in [3.63, 3.8) is 0 Å². The van der Waals surface area contributed by atoms with Crippen molar-refractivity contribution < 1.29 is 13.5 Å². The summed E-state index contributed by atoms with van der Waals surface area (Å²) in [4.78, 5) is 13.5. The van der Waals surface area contributed by atoms with E-state index in [0.717, 1.165) is 31.9 Å². The molecule has 0 bridgehead atoms.